The number of fused-ring (bicyclic) bond motifs is 1. The van der Waals surface area contributed by atoms with Gasteiger partial charge in [0.15, 0.2) is 6.17 Å². The maximum Gasteiger partial charge on any atom is 0.218 e. The fourth-order valence-corrected chi connectivity index (χ4v) is 2.33. The van der Waals surface area contributed by atoms with Gasteiger partial charge in [0.05, 0.1) is 5.52 Å². The number of aromatic nitrogens is 3. The van der Waals surface area contributed by atoms with Crippen LogP contribution in [0.3, 0.4) is 0 Å². The van der Waals surface area contributed by atoms with Crippen molar-refractivity contribution >= 4 is 28.5 Å². The molecule has 0 bridgehead atoms. The summed E-state index contributed by atoms with van der Waals surface area (Å²) in [5.41, 5.74) is 2.51. The normalized spacial score (nSPS) is 12.3. The molecule has 21 heavy (non-hydrogen) atoms. The number of hydrogen-bond acceptors (Lipinski definition) is 3. The Hall–Kier alpha value is -2.40. The molecule has 1 unspecified atom stereocenters. The van der Waals surface area contributed by atoms with Gasteiger partial charge < -0.3 is 5.32 Å². The van der Waals surface area contributed by atoms with Gasteiger partial charge in [-0.05, 0) is 29.8 Å². The highest BCUT2D eigenvalue weighted by Crippen LogP contribution is 2.21. The molecule has 0 aliphatic rings. The molecule has 1 amide bonds. The summed E-state index contributed by atoms with van der Waals surface area (Å²) in [6, 6.07) is 14.9. The number of para-hydroxylation sites is 1. The van der Waals surface area contributed by atoms with Crippen LogP contribution in [0, 0.1) is 0 Å². The third kappa shape index (κ3) is 2.73. The number of hydrogen-bond donors (Lipinski definition) is 1. The van der Waals surface area contributed by atoms with Crippen molar-refractivity contribution in [2.75, 3.05) is 0 Å². The van der Waals surface area contributed by atoms with E-state index in [0.717, 1.165) is 16.6 Å². The fraction of sp³-hybridized carbons (Fsp3) is 0.133. The van der Waals surface area contributed by atoms with Crippen molar-refractivity contribution < 1.29 is 4.79 Å². The molecular formula is C15H13ClN4O. The van der Waals surface area contributed by atoms with Crippen LogP contribution in [-0.4, -0.2) is 20.9 Å². The molecule has 2 aromatic carbocycles. The largest absolute Gasteiger partial charge is 0.331 e. The number of nitrogens with one attached hydrogen (secondary N) is 1. The van der Waals surface area contributed by atoms with Crippen LogP contribution >= 0.6 is 11.6 Å². The van der Waals surface area contributed by atoms with Gasteiger partial charge in [-0.2, -0.15) is 0 Å². The lowest BCUT2D eigenvalue weighted by atomic mass is 10.1. The van der Waals surface area contributed by atoms with Gasteiger partial charge in [0.25, 0.3) is 0 Å². The Bertz CT molecular complexity index is 782. The van der Waals surface area contributed by atoms with Crippen LogP contribution in [0.2, 0.25) is 5.02 Å². The average molecular weight is 301 g/mol. The van der Waals surface area contributed by atoms with Gasteiger partial charge in [-0.15, -0.1) is 5.10 Å². The highest BCUT2D eigenvalue weighted by molar-refractivity contribution is 6.30. The lowest BCUT2D eigenvalue weighted by Crippen LogP contribution is -2.32. The van der Waals surface area contributed by atoms with Crippen molar-refractivity contribution in [2.45, 2.75) is 13.1 Å². The molecule has 1 heterocycles. The SMILES string of the molecule is CC(=O)NC(c1ccc(Cl)cc1)n1nnc2ccccc21. The van der Waals surface area contributed by atoms with E-state index < -0.39 is 6.17 Å². The van der Waals surface area contributed by atoms with E-state index in [2.05, 4.69) is 15.6 Å². The summed E-state index contributed by atoms with van der Waals surface area (Å²) >= 11 is 5.92. The molecule has 0 spiro atoms. The van der Waals surface area contributed by atoms with E-state index in [9.17, 15) is 4.79 Å². The smallest absolute Gasteiger partial charge is 0.218 e. The van der Waals surface area contributed by atoms with Crippen molar-refractivity contribution in [3.8, 4) is 0 Å². The first-order valence-electron chi connectivity index (χ1n) is 6.47. The highest BCUT2D eigenvalue weighted by Gasteiger charge is 2.18. The van der Waals surface area contributed by atoms with Gasteiger partial charge in [-0.3, -0.25) is 4.79 Å². The number of halogens is 1. The van der Waals surface area contributed by atoms with E-state index in [1.165, 1.54) is 6.92 Å². The van der Waals surface area contributed by atoms with Crippen molar-refractivity contribution in [3.63, 3.8) is 0 Å². The summed E-state index contributed by atoms with van der Waals surface area (Å²) in [6.07, 6.45) is -0.424. The number of benzene rings is 2. The summed E-state index contributed by atoms with van der Waals surface area (Å²) in [7, 11) is 0. The van der Waals surface area contributed by atoms with Gasteiger partial charge in [-0.25, -0.2) is 4.68 Å². The molecule has 1 atom stereocenters. The van der Waals surface area contributed by atoms with E-state index in [1.54, 1.807) is 16.8 Å². The Balaban J connectivity index is 2.11. The van der Waals surface area contributed by atoms with Gasteiger partial charge in [0.1, 0.15) is 5.52 Å². The van der Waals surface area contributed by atoms with Crippen LogP contribution in [0.5, 0.6) is 0 Å². The Labute approximate surface area is 126 Å². The molecule has 3 aromatic rings. The zero-order valence-corrected chi connectivity index (χ0v) is 12.1. The number of amides is 1. The number of nitrogens with zero attached hydrogens (tertiary/aromatic N) is 3. The van der Waals surface area contributed by atoms with Crippen LogP contribution in [0.4, 0.5) is 0 Å². The van der Waals surface area contributed by atoms with Crippen molar-refractivity contribution in [2.24, 2.45) is 0 Å². The third-order valence-electron chi connectivity index (χ3n) is 3.15. The number of carbonyl (C=O) groups is 1. The lowest BCUT2D eigenvalue weighted by molar-refractivity contribution is -0.119. The molecule has 106 valence electrons. The first kappa shape index (κ1) is 13.6. The average Bonchev–Trinajstić information content (AvgIpc) is 2.89. The van der Waals surface area contributed by atoms with Gasteiger partial charge in [0.2, 0.25) is 5.91 Å². The third-order valence-corrected chi connectivity index (χ3v) is 3.40. The Kier molecular flexibility index (Phi) is 3.58. The Morgan fingerprint density at radius 2 is 1.90 bits per heavy atom. The summed E-state index contributed by atoms with van der Waals surface area (Å²) < 4.78 is 1.69. The molecule has 0 aliphatic heterocycles. The number of carbonyl (C=O) groups excluding carboxylic acids is 1. The zero-order valence-electron chi connectivity index (χ0n) is 11.3. The standard InChI is InChI=1S/C15H13ClN4O/c1-10(21)17-15(11-6-8-12(16)9-7-11)20-14-5-3-2-4-13(14)18-19-20/h2-9,15H,1H3,(H,17,21). The molecule has 5 nitrogen and oxygen atoms in total. The second-order valence-corrected chi connectivity index (χ2v) is 5.11. The highest BCUT2D eigenvalue weighted by atomic mass is 35.5. The molecule has 0 fully saturated rings. The van der Waals surface area contributed by atoms with Gasteiger partial charge in [-0.1, -0.05) is 41.1 Å². The first-order chi connectivity index (χ1) is 10.1. The molecule has 0 saturated heterocycles. The maximum atomic E-state index is 11.5. The Morgan fingerprint density at radius 3 is 2.62 bits per heavy atom. The summed E-state index contributed by atoms with van der Waals surface area (Å²) in [6.45, 7) is 1.47. The van der Waals surface area contributed by atoms with Crippen LogP contribution in [0.15, 0.2) is 48.5 Å². The molecule has 0 radical (unpaired) electrons. The molecule has 1 N–H and O–H groups in total. The quantitative estimate of drug-likeness (QED) is 0.809. The topological polar surface area (TPSA) is 59.8 Å². The predicted octanol–water partition coefficient (Wildman–Crippen LogP) is 2.77. The molecule has 6 heteroatoms. The van der Waals surface area contributed by atoms with E-state index in [4.69, 9.17) is 11.6 Å². The van der Waals surface area contributed by atoms with E-state index in [0.29, 0.717) is 5.02 Å². The van der Waals surface area contributed by atoms with Gasteiger partial charge in [0, 0.05) is 11.9 Å². The molecule has 3 rings (SSSR count). The van der Waals surface area contributed by atoms with Crippen molar-refractivity contribution in [3.05, 3.63) is 59.1 Å². The second kappa shape index (κ2) is 5.54. The second-order valence-electron chi connectivity index (χ2n) is 4.68. The molecular weight excluding hydrogens is 288 g/mol. The van der Waals surface area contributed by atoms with Crippen molar-refractivity contribution in [1.82, 2.24) is 20.3 Å². The summed E-state index contributed by atoms with van der Waals surface area (Å²) in [5.74, 6) is -0.144. The lowest BCUT2D eigenvalue weighted by Gasteiger charge is -2.19. The Morgan fingerprint density at radius 1 is 1.19 bits per heavy atom. The fourth-order valence-electron chi connectivity index (χ4n) is 2.20. The van der Waals surface area contributed by atoms with E-state index in [-0.39, 0.29) is 5.91 Å². The maximum absolute atomic E-state index is 11.5. The minimum atomic E-state index is -0.424. The van der Waals surface area contributed by atoms with E-state index in [1.807, 2.05) is 36.4 Å². The summed E-state index contributed by atoms with van der Waals surface area (Å²) in [5, 5.41) is 11.8. The number of rotatable bonds is 3. The molecule has 1 aromatic heterocycles. The van der Waals surface area contributed by atoms with Crippen LogP contribution in [-0.2, 0) is 4.79 Å². The zero-order chi connectivity index (χ0) is 14.8. The first-order valence-corrected chi connectivity index (χ1v) is 6.85. The minimum Gasteiger partial charge on any atom is -0.331 e. The van der Waals surface area contributed by atoms with Crippen LogP contribution in [0.1, 0.15) is 18.7 Å². The van der Waals surface area contributed by atoms with Crippen LogP contribution in [0.25, 0.3) is 11.0 Å². The van der Waals surface area contributed by atoms with E-state index >= 15 is 0 Å². The summed E-state index contributed by atoms with van der Waals surface area (Å²) in [4.78, 5) is 11.5. The molecule has 0 saturated carbocycles. The van der Waals surface area contributed by atoms with Crippen LogP contribution < -0.4 is 5.32 Å². The van der Waals surface area contributed by atoms with Gasteiger partial charge >= 0.3 is 0 Å². The molecule has 0 aliphatic carbocycles. The van der Waals surface area contributed by atoms with Crippen molar-refractivity contribution in [1.29, 1.82) is 0 Å². The minimum absolute atomic E-state index is 0.144. The predicted molar refractivity (Wildman–Crippen MR) is 80.9 cm³/mol. The monoisotopic (exact) mass is 300 g/mol.